The largest absolute Gasteiger partial charge is 0.331 e. The van der Waals surface area contributed by atoms with E-state index in [1.54, 1.807) is 49.4 Å². The van der Waals surface area contributed by atoms with E-state index in [1.807, 2.05) is 0 Å². The van der Waals surface area contributed by atoms with Crippen molar-refractivity contribution in [1.82, 2.24) is 0 Å². The predicted octanol–water partition coefficient (Wildman–Crippen LogP) is 2.85. The molecule has 24 heavy (non-hydrogen) atoms. The monoisotopic (exact) mass is 347 g/mol. The SMILES string of the molecule is Cc1ccc(N2c3ccccc3N(CC=CCN)S2(=O)=O)c(F)c1. The second-order valence-corrected chi connectivity index (χ2v) is 7.16. The van der Waals surface area contributed by atoms with Crippen LogP contribution in [0.25, 0.3) is 0 Å². The van der Waals surface area contributed by atoms with Gasteiger partial charge in [-0.15, -0.1) is 0 Å². The summed E-state index contributed by atoms with van der Waals surface area (Å²) in [7, 11) is -3.92. The lowest BCUT2D eigenvalue weighted by Gasteiger charge is -2.21. The van der Waals surface area contributed by atoms with E-state index in [0.29, 0.717) is 17.9 Å². The Bertz CT molecular complexity index is 896. The van der Waals surface area contributed by atoms with E-state index in [0.717, 1.165) is 9.87 Å². The highest BCUT2D eigenvalue weighted by Gasteiger charge is 2.41. The first-order valence-corrected chi connectivity index (χ1v) is 8.89. The summed E-state index contributed by atoms with van der Waals surface area (Å²) in [6.07, 6.45) is 3.37. The number of fused-ring (bicyclic) bond motifs is 1. The van der Waals surface area contributed by atoms with E-state index < -0.39 is 16.0 Å². The molecule has 0 unspecified atom stereocenters. The van der Waals surface area contributed by atoms with Crippen molar-refractivity contribution in [2.75, 3.05) is 21.7 Å². The Kier molecular flexibility index (Phi) is 4.29. The standard InChI is InChI=1S/C17H18FN3O2S/c1-13-8-9-15(14(18)12-13)21-17-7-3-2-6-16(17)20(24(21,22)23)11-5-4-10-19/h2-9,12H,10-11,19H2,1H3. The summed E-state index contributed by atoms with van der Waals surface area (Å²) in [5.74, 6) is -0.576. The van der Waals surface area contributed by atoms with Crippen LogP contribution in [0.5, 0.6) is 0 Å². The lowest BCUT2D eigenvalue weighted by Crippen LogP contribution is -2.35. The topological polar surface area (TPSA) is 66.6 Å². The van der Waals surface area contributed by atoms with Gasteiger partial charge >= 0.3 is 10.2 Å². The minimum atomic E-state index is -3.92. The van der Waals surface area contributed by atoms with Gasteiger partial charge in [-0.25, -0.2) is 13.0 Å². The van der Waals surface area contributed by atoms with Gasteiger partial charge in [-0.1, -0.05) is 30.4 Å². The van der Waals surface area contributed by atoms with Crippen molar-refractivity contribution in [3.05, 3.63) is 66.0 Å². The molecule has 1 aliphatic heterocycles. The number of nitrogens with two attached hydrogens (primary N) is 1. The van der Waals surface area contributed by atoms with Gasteiger partial charge in [-0.2, -0.15) is 8.42 Å². The van der Waals surface area contributed by atoms with Crippen molar-refractivity contribution in [3.63, 3.8) is 0 Å². The first-order chi connectivity index (χ1) is 11.5. The highest BCUT2D eigenvalue weighted by Crippen LogP contribution is 2.45. The quantitative estimate of drug-likeness (QED) is 0.865. The molecule has 1 aliphatic rings. The Balaban J connectivity index is 2.15. The molecule has 3 rings (SSSR count). The zero-order valence-electron chi connectivity index (χ0n) is 13.2. The van der Waals surface area contributed by atoms with Crippen LogP contribution in [-0.4, -0.2) is 21.5 Å². The van der Waals surface area contributed by atoms with Crippen molar-refractivity contribution in [2.24, 2.45) is 5.73 Å². The zero-order chi connectivity index (χ0) is 17.3. The maximum Gasteiger partial charge on any atom is 0.331 e. The van der Waals surface area contributed by atoms with Gasteiger partial charge in [0.25, 0.3) is 0 Å². The summed E-state index contributed by atoms with van der Waals surface area (Å²) in [4.78, 5) is 0. The molecule has 0 saturated heterocycles. The van der Waals surface area contributed by atoms with Crippen LogP contribution in [0.2, 0.25) is 0 Å². The van der Waals surface area contributed by atoms with Gasteiger partial charge in [0.2, 0.25) is 0 Å². The van der Waals surface area contributed by atoms with Crippen molar-refractivity contribution < 1.29 is 12.8 Å². The van der Waals surface area contributed by atoms with E-state index in [9.17, 15) is 12.8 Å². The number of nitrogens with zero attached hydrogens (tertiary/aromatic N) is 2. The molecule has 0 spiro atoms. The highest BCUT2D eigenvalue weighted by atomic mass is 32.2. The number of rotatable bonds is 4. The first-order valence-electron chi connectivity index (χ1n) is 7.50. The molecule has 2 N–H and O–H groups in total. The number of anilines is 3. The third-order valence-electron chi connectivity index (χ3n) is 3.77. The number of benzene rings is 2. The molecule has 0 fully saturated rings. The molecule has 2 aromatic carbocycles. The van der Waals surface area contributed by atoms with E-state index >= 15 is 0 Å². The van der Waals surface area contributed by atoms with Crippen molar-refractivity contribution in [3.8, 4) is 0 Å². The Labute approximate surface area is 141 Å². The van der Waals surface area contributed by atoms with Crippen molar-refractivity contribution in [2.45, 2.75) is 6.92 Å². The van der Waals surface area contributed by atoms with Crippen molar-refractivity contribution >= 4 is 27.3 Å². The average molecular weight is 347 g/mol. The number of para-hydroxylation sites is 2. The lowest BCUT2D eigenvalue weighted by molar-refractivity contribution is 0.592. The molecule has 5 nitrogen and oxygen atoms in total. The van der Waals surface area contributed by atoms with Crippen LogP contribution in [0.3, 0.4) is 0 Å². The zero-order valence-corrected chi connectivity index (χ0v) is 14.0. The van der Waals surface area contributed by atoms with Gasteiger partial charge in [-0.3, -0.25) is 0 Å². The molecule has 7 heteroatoms. The van der Waals surface area contributed by atoms with Gasteiger partial charge in [-0.05, 0) is 36.8 Å². The number of aryl methyl sites for hydroxylation is 1. The van der Waals surface area contributed by atoms with E-state index in [4.69, 9.17) is 5.73 Å². The van der Waals surface area contributed by atoms with Crippen LogP contribution in [0.1, 0.15) is 5.56 Å². The van der Waals surface area contributed by atoms with Gasteiger partial charge in [0, 0.05) is 6.54 Å². The van der Waals surface area contributed by atoms with Crippen LogP contribution in [-0.2, 0) is 10.2 Å². The van der Waals surface area contributed by atoms with Crippen LogP contribution in [0.15, 0.2) is 54.6 Å². The van der Waals surface area contributed by atoms with Gasteiger partial charge in [0.05, 0.1) is 23.6 Å². The molecule has 2 aromatic rings. The lowest BCUT2D eigenvalue weighted by atomic mass is 10.2. The second-order valence-electron chi connectivity index (χ2n) is 5.45. The van der Waals surface area contributed by atoms with E-state index in [2.05, 4.69) is 0 Å². The molecular weight excluding hydrogens is 329 g/mol. The molecular formula is C17H18FN3O2S. The third kappa shape index (κ3) is 2.65. The molecule has 0 radical (unpaired) electrons. The van der Waals surface area contributed by atoms with Crippen LogP contribution >= 0.6 is 0 Å². The maximum atomic E-state index is 14.4. The molecule has 0 aliphatic carbocycles. The fourth-order valence-corrected chi connectivity index (χ4v) is 4.36. The van der Waals surface area contributed by atoms with Crippen LogP contribution in [0.4, 0.5) is 21.5 Å². The fourth-order valence-electron chi connectivity index (χ4n) is 2.68. The molecule has 1 heterocycles. The van der Waals surface area contributed by atoms with Crippen LogP contribution in [0, 0.1) is 12.7 Å². The number of hydrogen-bond donors (Lipinski definition) is 1. The summed E-state index contributed by atoms with van der Waals surface area (Å²) in [6, 6.07) is 11.3. The van der Waals surface area contributed by atoms with E-state index in [1.165, 1.54) is 16.4 Å². The fraction of sp³-hybridized carbons (Fsp3) is 0.176. The summed E-state index contributed by atoms with van der Waals surface area (Å²) < 4.78 is 42.7. The normalized spacial score (nSPS) is 16.0. The van der Waals surface area contributed by atoms with Crippen molar-refractivity contribution in [1.29, 1.82) is 0 Å². The molecule has 126 valence electrons. The molecule has 0 bridgehead atoms. The van der Waals surface area contributed by atoms with Gasteiger partial charge in [0.15, 0.2) is 0 Å². The van der Waals surface area contributed by atoms with Crippen LogP contribution < -0.4 is 14.3 Å². The maximum absolute atomic E-state index is 14.4. The predicted molar refractivity (Wildman–Crippen MR) is 94.2 cm³/mol. The molecule has 0 amide bonds. The molecule has 0 atom stereocenters. The Morgan fingerprint density at radius 1 is 1.08 bits per heavy atom. The highest BCUT2D eigenvalue weighted by molar-refractivity contribution is 7.95. The Hall–Kier alpha value is -2.38. The van der Waals surface area contributed by atoms with Gasteiger partial charge in [0.1, 0.15) is 5.82 Å². The Morgan fingerprint density at radius 3 is 2.46 bits per heavy atom. The smallest absolute Gasteiger partial charge is 0.327 e. The summed E-state index contributed by atoms with van der Waals surface area (Å²) in [6.45, 7) is 2.22. The minimum Gasteiger partial charge on any atom is -0.327 e. The first kappa shape index (κ1) is 16.5. The summed E-state index contributed by atoms with van der Waals surface area (Å²) in [5.41, 5.74) is 7.10. The summed E-state index contributed by atoms with van der Waals surface area (Å²) in [5, 5.41) is 0. The average Bonchev–Trinajstić information content (AvgIpc) is 2.76. The number of halogens is 1. The summed E-state index contributed by atoms with van der Waals surface area (Å²) >= 11 is 0. The molecule has 0 saturated carbocycles. The second kappa shape index (κ2) is 6.26. The van der Waals surface area contributed by atoms with Gasteiger partial charge < -0.3 is 5.73 Å². The number of hydrogen-bond acceptors (Lipinski definition) is 3. The third-order valence-corrected chi connectivity index (χ3v) is 5.53. The molecule has 0 aromatic heterocycles. The van der Waals surface area contributed by atoms with E-state index in [-0.39, 0.29) is 12.2 Å². The minimum absolute atomic E-state index is 0.0124. The Morgan fingerprint density at radius 2 is 1.79 bits per heavy atom.